The molecule has 1 nitrogen and oxygen atoms in total. The maximum absolute atomic E-state index is 9.80. The lowest BCUT2D eigenvalue weighted by molar-refractivity contribution is 0.0514. The minimum Gasteiger partial charge on any atom is -0.388 e. The highest BCUT2D eigenvalue weighted by atomic mass is 32.2. The van der Waals surface area contributed by atoms with Crippen molar-refractivity contribution in [2.75, 3.05) is 5.75 Å². The lowest BCUT2D eigenvalue weighted by atomic mass is 9.94. The van der Waals surface area contributed by atoms with Crippen molar-refractivity contribution in [1.29, 1.82) is 0 Å². The highest BCUT2D eigenvalue weighted by Gasteiger charge is 2.37. The third kappa shape index (κ3) is 1.31. The molecule has 1 saturated heterocycles. The molecule has 0 bridgehead atoms. The monoisotopic (exact) mass is 156 g/mol. The maximum atomic E-state index is 9.80. The zero-order valence-corrected chi connectivity index (χ0v) is 6.95. The van der Waals surface area contributed by atoms with E-state index in [9.17, 15) is 5.11 Å². The molecule has 1 aliphatic heterocycles. The zero-order valence-electron chi connectivity index (χ0n) is 6.13. The van der Waals surface area contributed by atoms with Crippen LogP contribution in [0.25, 0.3) is 0 Å². The standard InChI is InChI=1S/C8H12OS/c1-3-4-8(9)5-6-10-7(8)2/h1,7,9H,4-6H2,2H3. The molecule has 1 N–H and O–H groups in total. The largest absolute Gasteiger partial charge is 0.388 e. The molecule has 0 radical (unpaired) electrons. The first kappa shape index (κ1) is 7.97. The first-order valence-electron chi connectivity index (χ1n) is 3.46. The first-order chi connectivity index (χ1) is 4.69. The molecule has 0 aliphatic carbocycles. The number of rotatable bonds is 1. The summed E-state index contributed by atoms with van der Waals surface area (Å²) >= 11 is 1.80. The van der Waals surface area contributed by atoms with Crippen LogP contribution in [0, 0.1) is 12.3 Å². The van der Waals surface area contributed by atoms with E-state index in [-0.39, 0.29) is 0 Å². The molecular weight excluding hydrogens is 144 g/mol. The van der Waals surface area contributed by atoms with Gasteiger partial charge in [0.15, 0.2) is 0 Å². The Morgan fingerprint density at radius 2 is 2.60 bits per heavy atom. The predicted molar refractivity (Wildman–Crippen MR) is 44.9 cm³/mol. The normalized spacial score (nSPS) is 39.5. The fourth-order valence-electron chi connectivity index (χ4n) is 1.18. The molecule has 1 heterocycles. The third-order valence-corrected chi connectivity index (χ3v) is 3.45. The Hall–Kier alpha value is -0.130. The summed E-state index contributed by atoms with van der Waals surface area (Å²) in [5.41, 5.74) is -0.570. The Labute approximate surface area is 66.2 Å². The van der Waals surface area contributed by atoms with Gasteiger partial charge in [-0.05, 0) is 12.2 Å². The Morgan fingerprint density at radius 3 is 3.00 bits per heavy atom. The van der Waals surface area contributed by atoms with Gasteiger partial charge in [-0.25, -0.2) is 0 Å². The Balaban J connectivity index is 2.58. The van der Waals surface area contributed by atoms with Crippen LogP contribution in [-0.2, 0) is 0 Å². The molecule has 2 unspecified atom stereocenters. The van der Waals surface area contributed by atoms with Gasteiger partial charge in [-0.2, -0.15) is 11.8 Å². The average molecular weight is 156 g/mol. The second kappa shape index (κ2) is 2.86. The van der Waals surface area contributed by atoms with Crippen molar-refractivity contribution >= 4 is 11.8 Å². The molecule has 1 aliphatic rings. The third-order valence-electron chi connectivity index (χ3n) is 2.07. The van der Waals surface area contributed by atoms with Gasteiger partial charge >= 0.3 is 0 Å². The number of terminal acetylenes is 1. The van der Waals surface area contributed by atoms with Gasteiger partial charge in [-0.1, -0.05) is 6.92 Å². The first-order valence-corrected chi connectivity index (χ1v) is 4.51. The van der Waals surface area contributed by atoms with E-state index in [0.717, 1.165) is 12.2 Å². The second-order valence-electron chi connectivity index (χ2n) is 2.75. The SMILES string of the molecule is C#CCC1(O)CCSC1C. The van der Waals surface area contributed by atoms with Crippen LogP contribution in [0.3, 0.4) is 0 Å². The van der Waals surface area contributed by atoms with E-state index in [0.29, 0.717) is 11.7 Å². The van der Waals surface area contributed by atoms with Gasteiger partial charge in [0.1, 0.15) is 0 Å². The molecule has 0 aromatic carbocycles. The molecule has 0 aromatic heterocycles. The van der Waals surface area contributed by atoms with E-state index in [1.54, 1.807) is 11.8 Å². The minimum absolute atomic E-state index is 0.309. The molecule has 10 heavy (non-hydrogen) atoms. The van der Waals surface area contributed by atoms with Crippen LogP contribution in [0.15, 0.2) is 0 Å². The molecule has 0 amide bonds. The van der Waals surface area contributed by atoms with Crippen LogP contribution in [0.4, 0.5) is 0 Å². The number of thioether (sulfide) groups is 1. The summed E-state index contributed by atoms with van der Waals surface area (Å²) in [6.45, 7) is 2.04. The molecule has 2 atom stereocenters. The molecular formula is C8H12OS. The van der Waals surface area contributed by atoms with Crippen molar-refractivity contribution in [3.05, 3.63) is 0 Å². The van der Waals surface area contributed by atoms with Crippen LogP contribution < -0.4 is 0 Å². The van der Waals surface area contributed by atoms with Crippen LogP contribution in [0.5, 0.6) is 0 Å². The fourth-order valence-corrected chi connectivity index (χ4v) is 2.52. The predicted octanol–water partition coefficient (Wildman–Crippen LogP) is 1.27. The van der Waals surface area contributed by atoms with Gasteiger partial charge < -0.3 is 5.11 Å². The van der Waals surface area contributed by atoms with E-state index in [1.807, 2.05) is 6.92 Å². The summed E-state index contributed by atoms with van der Waals surface area (Å²) < 4.78 is 0. The fraction of sp³-hybridized carbons (Fsp3) is 0.750. The summed E-state index contributed by atoms with van der Waals surface area (Å²) in [6, 6.07) is 0. The van der Waals surface area contributed by atoms with Crippen molar-refractivity contribution in [3.8, 4) is 12.3 Å². The Morgan fingerprint density at radius 1 is 1.90 bits per heavy atom. The lowest BCUT2D eigenvalue weighted by Gasteiger charge is -2.23. The minimum atomic E-state index is -0.570. The van der Waals surface area contributed by atoms with Crippen molar-refractivity contribution in [2.45, 2.75) is 30.6 Å². The van der Waals surface area contributed by atoms with Gasteiger partial charge in [0.05, 0.1) is 5.60 Å². The smallest absolute Gasteiger partial charge is 0.0879 e. The summed E-state index contributed by atoms with van der Waals surface area (Å²) in [5.74, 6) is 3.56. The molecule has 0 saturated carbocycles. The van der Waals surface area contributed by atoms with Crippen molar-refractivity contribution in [3.63, 3.8) is 0 Å². The number of hydrogen-bond donors (Lipinski definition) is 1. The van der Waals surface area contributed by atoms with E-state index in [1.165, 1.54) is 0 Å². The molecule has 56 valence electrons. The van der Waals surface area contributed by atoms with Gasteiger partial charge in [0, 0.05) is 11.7 Å². The molecule has 0 spiro atoms. The van der Waals surface area contributed by atoms with Gasteiger partial charge in [-0.3, -0.25) is 0 Å². The molecule has 2 heteroatoms. The van der Waals surface area contributed by atoms with E-state index >= 15 is 0 Å². The Kier molecular flexibility index (Phi) is 2.28. The van der Waals surface area contributed by atoms with Gasteiger partial charge in [0.2, 0.25) is 0 Å². The van der Waals surface area contributed by atoms with Crippen molar-refractivity contribution in [2.24, 2.45) is 0 Å². The van der Waals surface area contributed by atoms with Crippen LogP contribution in [-0.4, -0.2) is 21.7 Å². The van der Waals surface area contributed by atoms with Crippen molar-refractivity contribution < 1.29 is 5.11 Å². The van der Waals surface area contributed by atoms with Crippen LogP contribution in [0.1, 0.15) is 19.8 Å². The zero-order chi connectivity index (χ0) is 7.61. The van der Waals surface area contributed by atoms with Gasteiger partial charge in [0.25, 0.3) is 0 Å². The highest BCUT2D eigenvalue weighted by Crippen LogP contribution is 2.37. The summed E-state index contributed by atoms with van der Waals surface area (Å²) in [4.78, 5) is 0. The summed E-state index contributed by atoms with van der Waals surface area (Å²) in [5, 5.41) is 10.1. The molecule has 0 aromatic rings. The van der Waals surface area contributed by atoms with E-state index < -0.39 is 5.60 Å². The van der Waals surface area contributed by atoms with Crippen LogP contribution >= 0.6 is 11.8 Å². The maximum Gasteiger partial charge on any atom is 0.0879 e. The van der Waals surface area contributed by atoms with E-state index in [4.69, 9.17) is 6.42 Å². The van der Waals surface area contributed by atoms with Crippen molar-refractivity contribution in [1.82, 2.24) is 0 Å². The topological polar surface area (TPSA) is 20.2 Å². The summed E-state index contributed by atoms with van der Waals surface area (Å²) in [6.07, 6.45) is 6.49. The highest BCUT2D eigenvalue weighted by molar-refractivity contribution is 8.00. The average Bonchev–Trinajstić information content (AvgIpc) is 2.15. The van der Waals surface area contributed by atoms with E-state index in [2.05, 4.69) is 5.92 Å². The number of aliphatic hydroxyl groups is 1. The Bertz CT molecular complexity index is 161. The second-order valence-corrected chi connectivity index (χ2v) is 4.20. The lowest BCUT2D eigenvalue weighted by Crippen LogP contribution is -2.33. The molecule has 1 fully saturated rings. The number of hydrogen-bond acceptors (Lipinski definition) is 2. The van der Waals surface area contributed by atoms with Crippen LogP contribution in [0.2, 0.25) is 0 Å². The van der Waals surface area contributed by atoms with Gasteiger partial charge in [-0.15, -0.1) is 12.3 Å². The quantitative estimate of drug-likeness (QED) is 0.577. The summed E-state index contributed by atoms with van der Waals surface area (Å²) in [7, 11) is 0. The molecule has 1 rings (SSSR count).